The van der Waals surface area contributed by atoms with Gasteiger partial charge in [-0.2, -0.15) is 13.2 Å². The number of benzene rings is 3. The van der Waals surface area contributed by atoms with Crippen LogP contribution < -0.4 is 10.1 Å². The van der Waals surface area contributed by atoms with Crippen LogP contribution in [-0.2, 0) is 22.2 Å². The van der Waals surface area contributed by atoms with Crippen LogP contribution in [0.1, 0.15) is 16.7 Å². The van der Waals surface area contributed by atoms with Crippen LogP contribution in [0.3, 0.4) is 0 Å². The summed E-state index contributed by atoms with van der Waals surface area (Å²) in [5.74, 6) is -0.486. The summed E-state index contributed by atoms with van der Waals surface area (Å²) in [5, 5.41) is 2.40. The Morgan fingerprint density at radius 2 is 1.76 bits per heavy atom. The summed E-state index contributed by atoms with van der Waals surface area (Å²) in [6.45, 7) is 0.0268. The first-order chi connectivity index (χ1) is 17.7. The van der Waals surface area contributed by atoms with Gasteiger partial charge in [0.1, 0.15) is 10.1 Å². The van der Waals surface area contributed by atoms with Gasteiger partial charge in [-0.3, -0.25) is 14.5 Å². The Hall–Kier alpha value is -3.63. The van der Waals surface area contributed by atoms with Crippen LogP contribution in [0.4, 0.5) is 18.9 Å². The third kappa shape index (κ3) is 6.99. The molecule has 3 aromatic rings. The van der Waals surface area contributed by atoms with E-state index in [2.05, 4.69) is 5.32 Å². The van der Waals surface area contributed by atoms with Gasteiger partial charge in [-0.05, 0) is 42.3 Å². The molecule has 0 saturated carbocycles. The molecular formula is C27H21F3N2O3S2. The fourth-order valence-corrected chi connectivity index (χ4v) is 4.86. The van der Waals surface area contributed by atoms with E-state index < -0.39 is 24.3 Å². The van der Waals surface area contributed by atoms with Crippen molar-refractivity contribution in [2.24, 2.45) is 0 Å². The number of alkyl halides is 3. The summed E-state index contributed by atoms with van der Waals surface area (Å²) in [5.41, 5.74) is 0.814. The highest BCUT2D eigenvalue weighted by Gasteiger charge is 2.32. The van der Waals surface area contributed by atoms with Crippen LogP contribution >= 0.6 is 24.0 Å². The van der Waals surface area contributed by atoms with Gasteiger partial charge in [0.2, 0.25) is 0 Å². The lowest BCUT2D eigenvalue weighted by atomic mass is 10.1. The van der Waals surface area contributed by atoms with Gasteiger partial charge in [0.05, 0.1) is 10.5 Å². The summed E-state index contributed by atoms with van der Waals surface area (Å²) in [6, 6.07) is 21.0. The van der Waals surface area contributed by atoms with E-state index in [-0.39, 0.29) is 11.6 Å². The van der Waals surface area contributed by atoms with Crippen molar-refractivity contribution in [1.82, 2.24) is 4.90 Å². The molecular weight excluding hydrogens is 521 g/mol. The van der Waals surface area contributed by atoms with Crippen molar-refractivity contribution < 1.29 is 27.5 Å². The Morgan fingerprint density at radius 3 is 2.51 bits per heavy atom. The fourth-order valence-electron chi connectivity index (χ4n) is 3.56. The summed E-state index contributed by atoms with van der Waals surface area (Å²) >= 11 is 6.60. The molecule has 10 heteroatoms. The molecule has 1 saturated heterocycles. The summed E-state index contributed by atoms with van der Waals surface area (Å²) in [6.07, 6.45) is -2.19. The molecule has 1 N–H and O–H groups in total. The Balaban J connectivity index is 1.40. The minimum Gasteiger partial charge on any atom is -0.483 e. The van der Waals surface area contributed by atoms with Gasteiger partial charge in [-0.15, -0.1) is 0 Å². The van der Waals surface area contributed by atoms with Crippen molar-refractivity contribution in [3.63, 3.8) is 0 Å². The number of nitrogens with zero attached hydrogens (tertiary/aromatic N) is 1. The molecule has 37 heavy (non-hydrogen) atoms. The van der Waals surface area contributed by atoms with Crippen molar-refractivity contribution in [2.75, 3.05) is 18.5 Å². The molecule has 0 radical (unpaired) electrons. The molecule has 190 valence electrons. The molecule has 0 aromatic heterocycles. The van der Waals surface area contributed by atoms with Crippen molar-refractivity contribution >= 4 is 51.9 Å². The van der Waals surface area contributed by atoms with E-state index in [0.717, 1.165) is 17.7 Å². The lowest BCUT2D eigenvalue weighted by Crippen LogP contribution is -2.30. The van der Waals surface area contributed by atoms with Gasteiger partial charge in [0, 0.05) is 17.8 Å². The van der Waals surface area contributed by atoms with Crippen LogP contribution in [0, 0.1) is 0 Å². The number of thiocarbonyl (C=S) groups is 1. The van der Waals surface area contributed by atoms with E-state index in [0.29, 0.717) is 33.5 Å². The SMILES string of the molecule is O=C(COc1ccccc1/C=C1\SC(=S)N(CCc2ccccc2)C1=O)Nc1cccc(C(F)(F)F)c1. The van der Waals surface area contributed by atoms with Crippen LogP contribution in [0.25, 0.3) is 6.08 Å². The Morgan fingerprint density at radius 1 is 1.03 bits per heavy atom. The molecule has 2 amide bonds. The second-order valence-electron chi connectivity index (χ2n) is 8.02. The number of para-hydroxylation sites is 1. The number of hydrogen-bond donors (Lipinski definition) is 1. The highest BCUT2D eigenvalue weighted by Crippen LogP contribution is 2.34. The third-order valence-corrected chi connectivity index (χ3v) is 6.76. The minimum atomic E-state index is -4.52. The van der Waals surface area contributed by atoms with E-state index in [1.807, 2.05) is 30.3 Å². The van der Waals surface area contributed by atoms with E-state index in [9.17, 15) is 22.8 Å². The number of nitrogens with one attached hydrogen (secondary N) is 1. The Bertz CT molecular complexity index is 1340. The first-order valence-electron chi connectivity index (χ1n) is 11.2. The molecule has 0 spiro atoms. The van der Waals surface area contributed by atoms with Gasteiger partial charge < -0.3 is 10.1 Å². The molecule has 0 unspecified atom stereocenters. The molecule has 0 bridgehead atoms. The highest BCUT2D eigenvalue weighted by atomic mass is 32.2. The number of carbonyl (C=O) groups is 2. The number of halogens is 3. The molecule has 0 aliphatic carbocycles. The average molecular weight is 543 g/mol. The number of ether oxygens (including phenoxy) is 1. The van der Waals surface area contributed by atoms with E-state index in [1.165, 1.54) is 23.9 Å². The molecule has 1 fully saturated rings. The number of carbonyl (C=O) groups excluding carboxylic acids is 2. The van der Waals surface area contributed by atoms with Gasteiger partial charge in [-0.1, -0.05) is 78.6 Å². The normalized spacial score (nSPS) is 14.8. The molecule has 0 atom stereocenters. The van der Waals surface area contributed by atoms with Gasteiger partial charge in [0.15, 0.2) is 6.61 Å². The van der Waals surface area contributed by atoms with Crippen LogP contribution in [0.5, 0.6) is 5.75 Å². The maximum absolute atomic E-state index is 13.0. The lowest BCUT2D eigenvalue weighted by Gasteiger charge is -2.14. The van der Waals surface area contributed by atoms with E-state index in [4.69, 9.17) is 17.0 Å². The molecule has 3 aromatic carbocycles. The zero-order chi connectivity index (χ0) is 26.4. The first kappa shape index (κ1) is 26.4. The summed E-state index contributed by atoms with van der Waals surface area (Å²) in [4.78, 5) is 27.3. The van der Waals surface area contributed by atoms with Crippen LogP contribution in [0.2, 0.25) is 0 Å². The molecule has 4 rings (SSSR count). The van der Waals surface area contributed by atoms with Crippen LogP contribution in [-0.4, -0.2) is 34.2 Å². The summed E-state index contributed by atoms with van der Waals surface area (Å²) in [7, 11) is 0. The predicted octanol–water partition coefficient (Wildman–Crippen LogP) is 6.17. The van der Waals surface area contributed by atoms with Gasteiger partial charge >= 0.3 is 6.18 Å². The smallest absolute Gasteiger partial charge is 0.416 e. The molecule has 1 aliphatic rings. The standard InChI is InChI=1S/C27H21F3N2O3S2/c28-27(29,30)20-10-6-11-21(16-20)31-24(33)17-35-22-12-5-4-9-19(22)15-23-25(34)32(26(36)37-23)14-13-18-7-2-1-3-8-18/h1-12,15-16H,13-14,17H2,(H,31,33)/b23-15-. The third-order valence-electron chi connectivity index (χ3n) is 5.38. The monoisotopic (exact) mass is 542 g/mol. The topological polar surface area (TPSA) is 58.6 Å². The number of hydrogen-bond acceptors (Lipinski definition) is 5. The number of amides is 2. The van der Waals surface area contributed by atoms with E-state index >= 15 is 0 Å². The minimum absolute atomic E-state index is 0.0101. The Kier molecular flexibility index (Phi) is 8.30. The number of rotatable bonds is 8. The fraction of sp³-hybridized carbons (Fsp3) is 0.148. The highest BCUT2D eigenvalue weighted by molar-refractivity contribution is 8.26. The zero-order valence-electron chi connectivity index (χ0n) is 19.3. The number of anilines is 1. The number of thioether (sulfide) groups is 1. The second kappa shape index (κ2) is 11.6. The van der Waals surface area contributed by atoms with Crippen LogP contribution in [0.15, 0.2) is 83.8 Å². The lowest BCUT2D eigenvalue weighted by molar-refractivity contribution is -0.137. The van der Waals surface area contributed by atoms with Crippen molar-refractivity contribution in [3.8, 4) is 5.75 Å². The van der Waals surface area contributed by atoms with Gasteiger partial charge in [-0.25, -0.2) is 0 Å². The molecule has 1 aliphatic heterocycles. The Labute approximate surface area is 221 Å². The maximum Gasteiger partial charge on any atom is 0.416 e. The molecule has 5 nitrogen and oxygen atoms in total. The quantitative estimate of drug-likeness (QED) is 0.273. The maximum atomic E-state index is 13.0. The molecule has 1 heterocycles. The second-order valence-corrected chi connectivity index (χ2v) is 9.70. The zero-order valence-corrected chi connectivity index (χ0v) is 21.0. The van der Waals surface area contributed by atoms with Crippen molar-refractivity contribution in [1.29, 1.82) is 0 Å². The average Bonchev–Trinajstić information content (AvgIpc) is 3.14. The van der Waals surface area contributed by atoms with Crippen molar-refractivity contribution in [2.45, 2.75) is 12.6 Å². The predicted molar refractivity (Wildman–Crippen MR) is 142 cm³/mol. The largest absolute Gasteiger partial charge is 0.483 e. The summed E-state index contributed by atoms with van der Waals surface area (Å²) < 4.78 is 44.8. The van der Waals surface area contributed by atoms with E-state index in [1.54, 1.807) is 35.2 Å². The first-order valence-corrected chi connectivity index (χ1v) is 12.4. The van der Waals surface area contributed by atoms with Gasteiger partial charge in [0.25, 0.3) is 11.8 Å². The van der Waals surface area contributed by atoms with Crippen molar-refractivity contribution in [3.05, 3.63) is 100 Å².